The summed E-state index contributed by atoms with van der Waals surface area (Å²) in [4.78, 5) is 24.2. The Balaban J connectivity index is 4.16. The molecule has 0 spiro atoms. The molecule has 0 saturated carbocycles. The van der Waals surface area contributed by atoms with Crippen molar-refractivity contribution < 1.29 is 19.1 Å². The molecule has 5 heteroatoms. The van der Waals surface area contributed by atoms with Crippen molar-refractivity contribution >= 4 is 12.1 Å². The smallest absolute Gasteiger partial charge is 0.407 e. The summed E-state index contributed by atoms with van der Waals surface area (Å²) in [5.74, 6) is -0.331. The van der Waals surface area contributed by atoms with Crippen LogP contribution in [-0.4, -0.2) is 31.3 Å². The predicted octanol–water partition coefficient (Wildman–Crippen LogP) is 5.76. The molecule has 0 heterocycles. The number of amides is 1. The molecule has 0 aromatic rings. The second-order valence-electron chi connectivity index (χ2n) is 6.97. The van der Waals surface area contributed by atoms with E-state index in [0.29, 0.717) is 19.6 Å². The number of hydrogen-bond donors (Lipinski definition) is 1. The number of nitrogens with one attached hydrogen (secondary N) is 1. The Labute approximate surface area is 160 Å². The van der Waals surface area contributed by atoms with Crippen molar-refractivity contribution in [2.45, 2.75) is 110 Å². The van der Waals surface area contributed by atoms with Crippen LogP contribution in [0.15, 0.2) is 0 Å². The van der Waals surface area contributed by atoms with Gasteiger partial charge in [0.05, 0.1) is 13.2 Å². The van der Waals surface area contributed by atoms with Crippen molar-refractivity contribution in [1.82, 2.24) is 5.32 Å². The third-order valence-electron chi connectivity index (χ3n) is 4.40. The molecule has 0 fully saturated rings. The van der Waals surface area contributed by atoms with Crippen LogP contribution in [0, 0.1) is 0 Å². The van der Waals surface area contributed by atoms with Crippen LogP contribution < -0.4 is 5.32 Å². The lowest BCUT2D eigenvalue weighted by Gasteiger charge is -2.17. The quantitative estimate of drug-likeness (QED) is 0.261. The van der Waals surface area contributed by atoms with Gasteiger partial charge >= 0.3 is 12.1 Å². The van der Waals surface area contributed by atoms with E-state index in [2.05, 4.69) is 19.2 Å². The molecule has 0 aromatic carbocycles. The topological polar surface area (TPSA) is 64.6 Å². The molecule has 154 valence electrons. The molecule has 1 atom stereocenters. The van der Waals surface area contributed by atoms with Crippen LogP contribution in [0.1, 0.15) is 104 Å². The highest BCUT2D eigenvalue weighted by molar-refractivity contribution is 5.81. The van der Waals surface area contributed by atoms with Crippen LogP contribution in [-0.2, 0) is 14.3 Å². The first kappa shape index (κ1) is 24.7. The van der Waals surface area contributed by atoms with E-state index >= 15 is 0 Å². The molecule has 1 N–H and O–H groups in total. The second-order valence-corrected chi connectivity index (χ2v) is 6.97. The van der Waals surface area contributed by atoms with E-state index in [1.54, 1.807) is 0 Å². The zero-order chi connectivity index (χ0) is 19.5. The summed E-state index contributed by atoms with van der Waals surface area (Å²) in [6.45, 7) is 7.20. The van der Waals surface area contributed by atoms with Crippen LogP contribution in [0.2, 0.25) is 0 Å². The minimum absolute atomic E-state index is 0.331. The van der Waals surface area contributed by atoms with Crippen molar-refractivity contribution in [3.05, 3.63) is 0 Å². The molecule has 0 radical (unpaired) electrons. The van der Waals surface area contributed by atoms with Crippen LogP contribution in [0.4, 0.5) is 4.79 Å². The van der Waals surface area contributed by atoms with Gasteiger partial charge in [-0.05, 0) is 19.3 Å². The van der Waals surface area contributed by atoms with Gasteiger partial charge in [0, 0.05) is 0 Å². The molecule has 0 aliphatic rings. The van der Waals surface area contributed by atoms with Gasteiger partial charge in [0.2, 0.25) is 0 Å². The van der Waals surface area contributed by atoms with Gasteiger partial charge < -0.3 is 14.8 Å². The van der Waals surface area contributed by atoms with E-state index in [-0.39, 0.29) is 5.97 Å². The highest BCUT2D eigenvalue weighted by atomic mass is 16.6. The first-order valence-electron chi connectivity index (χ1n) is 10.8. The van der Waals surface area contributed by atoms with Gasteiger partial charge in [0.15, 0.2) is 0 Å². The molecule has 1 unspecified atom stereocenters. The highest BCUT2D eigenvalue weighted by Gasteiger charge is 2.22. The van der Waals surface area contributed by atoms with Crippen molar-refractivity contribution in [1.29, 1.82) is 0 Å². The Hall–Kier alpha value is -1.26. The summed E-state index contributed by atoms with van der Waals surface area (Å²) in [6, 6.07) is -0.596. The summed E-state index contributed by atoms with van der Waals surface area (Å²) in [7, 11) is 0. The van der Waals surface area contributed by atoms with Crippen molar-refractivity contribution in [3.8, 4) is 0 Å². The molecule has 26 heavy (non-hydrogen) atoms. The lowest BCUT2D eigenvalue weighted by atomic mass is 10.1. The Morgan fingerprint density at radius 3 is 1.88 bits per heavy atom. The number of hydrogen-bond acceptors (Lipinski definition) is 4. The first-order chi connectivity index (χ1) is 12.7. The summed E-state index contributed by atoms with van der Waals surface area (Å²) in [5.41, 5.74) is 0. The molecule has 5 nitrogen and oxygen atoms in total. The van der Waals surface area contributed by atoms with Gasteiger partial charge in [-0.2, -0.15) is 0 Å². The van der Waals surface area contributed by atoms with Gasteiger partial charge in [-0.1, -0.05) is 85.0 Å². The Bertz CT molecular complexity index is 347. The van der Waals surface area contributed by atoms with E-state index in [9.17, 15) is 9.59 Å². The maximum absolute atomic E-state index is 12.3. The molecular weight excluding hydrogens is 330 g/mol. The molecule has 1 amide bonds. The molecule has 0 aliphatic heterocycles. The number of ether oxygens (including phenoxy) is 2. The number of carbonyl (C=O) groups excluding carboxylic acids is 2. The molecule has 0 aromatic heterocycles. The number of unbranched alkanes of at least 4 members (excludes halogenated alkanes) is 9. The molecule has 0 saturated heterocycles. The zero-order valence-electron chi connectivity index (χ0n) is 17.3. The van der Waals surface area contributed by atoms with Gasteiger partial charge in [-0.25, -0.2) is 9.59 Å². The van der Waals surface area contributed by atoms with E-state index in [0.717, 1.165) is 51.4 Å². The lowest BCUT2D eigenvalue weighted by Crippen LogP contribution is -2.42. The fourth-order valence-electron chi connectivity index (χ4n) is 2.67. The number of carbonyl (C=O) groups is 2. The maximum atomic E-state index is 12.3. The minimum Gasteiger partial charge on any atom is -0.464 e. The molecular formula is C21H41NO4. The van der Waals surface area contributed by atoms with Gasteiger partial charge in [0.1, 0.15) is 6.04 Å². The highest BCUT2D eigenvalue weighted by Crippen LogP contribution is 2.09. The van der Waals surface area contributed by atoms with Crippen LogP contribution in [0.3, 0.4) is 0 Å². The average Bonchev–Trinajstić information content (AvgIpc) is 2.63. The van der Waals surface area contributed by atoms with E-state index in [1.165, 1.54) is 25.7 Å². The third kappa shape index (κ3) is 15.0. The van der Waals surface area contributed by atoms with Gasteiger partial charge in [-0.15, -0.1) is 0 Å². The Morgan fingerprint density at radius 1 is 0.692 bits per heavy atom. The lowest BCUT2D eigenvalue weighted by molar-refractivity contribution is -0.146. The van der Waals surface area contributed by atoms with Crippen molar-refractivity contribution in [2.75, 3.05) is 13.2 Å². The van der Waals surface area contributed by atoms with Gasteiger partial charge in [0.25, 0.3) is 0 Å². The van der Waals surface area contributed by atoms with E-state index in [1.807, 2.05) is 6.92 Å². The molecule has 0 rings (SSSR count). The predicted molar refractivity (Wildman–Crippen MR) is 106 cm³/mol. The number of esters is 1. The monoisotopic (exact) mass is 371 g/mol. The maximum Gasteiger partial charge on any atom is 0.407 e. The summed E-state index contributed by atoms with van der Waals surface area (Å²) in [6.07, 6.45) is 13.0. The Kier molecular flexibility index (Phi) is 17.6. The first-order valence-corrected chi connectivity index (χ1v) is 10.8. The fourth-order valence-corrected chi connectivity index (χ4v) is 2.67. The summed E-state index contributed by atoms with van der Waals surface area (Å²) in [5, 5.41) is 2.69. The largest absolute Gasteiger partial charge is 0.464 e. The fraction of sp³-hybridized carbons (Fsp3) is 0.905. The zero-order valence-corrected chi connectivity index (χ0v) is 17.3. The minimum atomic E-state index is -0.596. The van der Waals surface area contributed by atoms with Crippen molar-refractivity contribution in [2.24, 2.45) is 0 Å². The molecule has 0 bridgehead atoms. The van der Waals surface area contributed by atoms with Gasteiger partial charge in [-0.3, -0.25) is 0 Å². The van der Waals surface area contributed by atoms with Crippen LogP contribution >= 0.6 is 0 Å². The third-order valence-corrected chi connectivity index (χ3v) is 4.40. The summed E-state index contributed by atoms with van der Waals surface area (Å²) < 4.78 is 10.5. The standard InChI is InChI=1S/C21H41NO4/c1-4-7-10-12-13-15-18-25-20(23)19(16-14-11-8-5-2)22-21(24)26-17-9-6-3/h19H,4-18H2,1-3H3,(H,22,24). The normalized spacial score (nSPS) is 11.8. The number of alkyl carbamates (subject to hydrolysis) is 1. The Morgan fingerprint density at radius 2 is 1.23 bits per heavy atom. The van der Waals surface area contributed by atoms with Crippen LogP contribution in [0.5, 0.6) is 0 Å². The average molecular weight is 372 g/mol. The van der Waals surface area contributed by atoms with E-state index in [4.69, 9.17) is 9.47 Å². The van der Waals surface area contributed by atoms with Crippen LogP contribution in [0.25, 0.3) is 0 Å². The summed E-state index contributed by atoms with van der Waals surface area (Å²) >= 11 is 0. The van der Waals surface area contributed by atoms with E-state index < -0.39 is 12.1 Å². The number of rotatable bonds is 17. The van der Waals surface area contributed by atoms with Crippen molar-refractivity contribution in [3.63, 3.8) is 0 Å². The SMILES string of the molecule is CCCCCCCCOC(=O)C(CCCCCC)NC(=O)OCCCC. The molecule has 0 aliphatic carbocycles. The second kappa shape index (κ2) is 18.5.